The van der Waals surface area contributed by atoms with Crippen molar-refractivity contribution in [3.05, 3.63) is 0 Å². The number of piperidine rings is 1. The van der Waals surface area contributed by atoms with Crippen molar-refractivity contribution in [2.45, 2.75) is 18.8 Å². The van der Waals surface area contributed by atoms with Crippen LogP contribution in [0.4, 0.5) is 0 Å². The van der Waals surface area contributed by atoms with Gasteiger partial charge >= 0.3 is 0 Å². The van der Waals surface area contributed by atoms with Crippen LogP contribution in [0.5, 0.6) is 0 Å². The minimum absolute atomic E-state index is 1.03. The van der Waals surface area contributed by atoms with Gasteiger partial charge in [-0.3, -0.25) is 4.79 Å². The molecule has 3 heteroatoms. The summed E-state index contributed by atoms with van der Waals surface area (Å²) in [4.78, 5) is 11.0. The van der Waals surface area contributed by atoms with E-state index in [-0.39, 0.29) is 0 Å². The first kappa shape index (κ1) is 1.70. The number of hydrogen-bond donors (Lipinski definition) is 2. The zero-order valence-corrected chi connectivity index (χ0v) is 4.06. The van der Waals surface area contributed by atoms with Crippen LogP contribution >= 0.6 is 0 Å². The third-order valence-corrected chi connectivity index (χ3v) is 0.758. The van der Waals surface area contributed by atoms with E-state index >= 15 is 0 Å². The van der Waals surface area contributed by atoms with Gasteiger partial charge in [-0.1, -0.05) is 0 Å². The third kappa shape index (κ3) is 0.980. The van der Waals surface area contributed by atoms with Gasteiger partial charge in [0, 0.05) is 14.7 Å². The van der Waals surface area contributed by atoms with Crippen molar-refractivity contribution >= 4 is 5.91 Å². The normalized spacial score (nSPS) is 59.6. The van der Waals surface area contributed by atoms with E-state index in [4.69, 9.17) is 14.0 Å². The van der Waals surface area contributed by atoms with E-state index in [9.17, 15) is 4.79 Å². The van der Waals surface area contributed by atoms with Crippen molar-refractivity contribution < 1.29 is 13.0 Å². The van der Waals surface area contributed by atoms with Gasteiger partial charge in [0.15, 0.2) is 0 Å². The van der Waals surface area contributed by atoms with Gasteiger partial charge in [0.25, 0.3) is 0 Å². The molecule has 1 saturated heterocycles. The van der Waals surface area contributed by atoms with Crippen LogP contribution in [-0.2, 0) is 4.79 Å². The standard InChI is InChI=1S/C5H10N2O/c6-4-2-1-3-7-5(4)8/h4H,1-3,6H2,(H,7,8)/t4-/m0/s1/i1D2,2D2,3D2. The number of nitrogens with one attached hydrogen (secondary N) is 1. The number of carbonyl (C=O) groups is 1. The minimum Gasteiger partial charge on any atom is -0.355 e. The zero-order valence-electron chi connectivity index (χ0n) is 10.1. The van der Waals surface area contributed by atoms with Crippen LogP contribution < -0.4 is 11.1 Å². The molecule has 0 radical (unpaired) electrons. The molecule has 0 bridgehead atoms. The quantitative estimate of drug-likeness (QED) is 0.441. The van der Waals surface area contributed by atoms with Crippen molar-refractivity contribution in [3.8, 4) is 0 Å². The van der Waals surface area contributed by atoms with Gasteiger partial charge in [-0.25, -0.2) is 0 Å². The first-order valence-corrected chi connectivity index (χ1v) is 2.11. The molecule has 1 rings (SSSR count). The molecule has 0 aromatic heterocycles. The lowest BCUT2D eigenvalue weighted by Gasteiger charge is -2.16. The highest BCUT2D eigenvalue weighted by atomic mass is 16.2. The number of carbonyl (C=O) groups excluding carboxylic acids is 1. The molecule has 0 aromatic rings. The van der Waals surface area contributed by atoms with Gasteiger partial charge in [0.05, 0.1) is 6.04 Å². The molecule has 8 heavy (non-hydrogen) atoms. The second-order valence-electron chi connectivity index (χ2n) is 1.36. The summed E-state index contributed by atoms with van der Waals surface area (Å²) >= 11 is 0. The summed E-state index contributed by atoms with van der Waals surface area (Å²) in [5.41, 5.74) is 5.16. The van der Waals surface area contributed by atoms with E-state index < -0.39 is 31.2 Å². The van der Waals surface area contributed by atoms with Crippen LogP contribution in [0, 0.1) is 0 Å². The Bertz CT molecular complexity index is 277. The molecule has 1 fully saturated rings. The predicted molar refractivity (Wildman–Crippen MR) is 30.2 cm³/mol. The van der Waals surface area contributed by atoms with E-state index in [2.05, 4.69) is 0 Å². The molecule has 0 saturated carbocycles. The van der Waals surface area contributed by atoms with E-state index in [0.717, 1.165) is 0 Å². The zero-order chi connectivity index (χ0) is 11.4. The minimum atomic E-state index is -2.87. The largest absolute Gasteiger partial charge is 0.355 e. The molecule has 3 N–H and O–H groups in total. The van der Waals surface area contributed by atoms with Crippen LogP contribution in [0.15, 0.2) is 0 Å². The van der Waals surface area contributed by atoms with E-state index in [1.165, 1.54) is 0 Å². The molecule has 0 unspecified atom stereocenters. The predicted octanol–water partition coefficient (Wildman–Crippen LogP) is -0.776. The number of nitrogens with two attached hydrogens (primary N) is 1. The van der Waals surface area contributed by atoms with Gasteiger partial charge < -0.3 is 11.1 Å². The highest BCUT2D eigenvalue weighted by molar-refractivity contribution is 5.81. The fourth-order valence-electron chi connectivity index (χ4n) is 0.350. The average molecular weight is 120 g/mol. The first-order chi connectivity index (χ1) is 6.04. The lowest BCUT2D eigenvalue weighted by molar-refractivity contribution is -0.123. The molecule has 0 aliphatic carbocycles. The van der Waals surface area contributed by atoms with Crippen LogP contribution in [0.25, 0.3) is 0 Å². The Morgan fingerprint density at radius 3 is 3.50 bits per heavy atom. The maximum Gasteiger partial charge on any atom is 0.236 e. The Kier molecular flexibility index (Phi) is 0.454. The van der Waals surface area contributed by atoms with Gasteiger partial charge in [-0.15, -0.1) is 0 Å². The Balaban J connectivity index is 3.22. The second-order valence-corrected chi connectivity index (χ2v) is 1.36. The molecule has 3 nitrogen and oxygen atoms in total. The van der Waals surface area contributed by atoms with Crippen LogP contribution in [0.1, 0.15) is 21.0 Å². The van der Waals surface area contributed by atoms with Crippen molar-refractivity contribution in [3.63, 3.8) is 0 Å². The Hall–Kier alpha value is -0.570. The van der Waals surface area contributed by atoms with Crippen LogP contribution in [0.2, 0.25) is 0 Å². The molecule has 0 spiro atoms. The summed E-state index contributed by atoms with van der Waals surface area (Å²) in [6.45, 7) is -2.76. The lowest BCUT2D eigenvalue weighted by atomic mass is 10.1. The third-order valence-electron chi connectivity index (χ3n) is 0.758. The summed E-state index contributed by atoms with van der Waals surface area (Å²) in [6, 6.07) is -1.71. The maximum atomic E-state index is 11.0. The lowest BCUT2D eigenvalue weighted by Crippen LogP contribution is -2.45. The Morgan fingerprint density at radius 1 is 2.00 bits per heavy atom. The molecule has 0 aromatic carbocycles. The van der Waals surface area contributed by atoms with E-state index in [1.807, 2.05) is 0 Å². The van der Waals surface area contributed by atoms with Crippen molar-refractivity contribution in [1.82, 2.24) is 5.32 Å². The van der Waals surface area contributed by atoms with Crippen LogP contribution in [-0.4, -0.2) is 18.4 Å². The summed E-state index contributed by atoms with van der Waals surface area (Å²) in [5, 5.41) is 1.71. The number of hydrogen-bond acceptors (Lipinski definition) is 2. The molecular formula is C5H10N2O. The molecule has 1 amide bonds. The van der Waals surface area contributed by atoms with Crippen molar-refractivity contribution in [2.24, 2.45) is 5.73 Å². The number of rotatable bonds is 0. The molecule has 1 atom stereocenters. The molecule has 1 aliphatic rings. The fraction of sp³-hybridized carbons (Fsp3) is 0.800. The summed E-state index contributed by atoms with van der Waals surface area (Å²) in [7, 11) is 0. The SMILES string of the molecule is [2H]C1([2H])NC(=O)[C@@H](N)C([2H])([2H])C1([2H])[2H]. The summed E-state index contributed by atoms with van der Waals surface area (Å²) < 4.78 is 43.5. The second kappa shape index (κ2) is 2.13. The summed E-state index contributed by atoms with van der Waals surface area (Å²) in [6.07, 6.45) is -5.60. The molecule has 46 valence electrons. The van der Waals surface area contributed by atoms with E-state index in [0.29, 0.717) is 0 Å². The smallest absolute Gasteiger partial charge is 0.236 e. The first-order valence-electron chi connectivity index (χ1n) is 5.11. The van der Waals surface area contributed by atoms with Gasteiger partial charge in [0.1, 0.15) is 0 Å². The molecule has 1 aliphatic heterocycles. The average Bonchev–Trinajstić information content (AvgIpc) is 1.99. The highest BCUT2D eigenvalue weighted by Crippen LogP contribution is 1.98. The van der Waals surface area contributed by atoms with Gasteiger partial charge in [-0.05, 0) is 12.7 Å². The Labute approximate surface area is 56.7 Å². The molecule has 1 heterocycles. The topological polar surface area (TPSA) is 55.1 Å². The van der Waals surface area contributed by atoms with Crippen LogP contribution in [0.3, 0.4) is 0 Å². The van der Waals surface area contributed by atoms with E-state index in [1.54, 1.807) is 5.32 Å². The monoisotopic (exact) mass is 120 g/mol. The van der Waals surface area contributed by atoms with Gasteiger partial charge in [-0.2, -0.15) is 0 Å². The van der Waals surface area contributed by atoms with Crippen molar-refractivity contribution in [1.29, 1.82) is 0 Å². The maximum absolute atomic E-state index is 11.0. The van der Waals surface area contributed by atoms with Gasteiger partial charge in [0.2, 0.25) is 5.91 Å². The number of amides is 1. The van der Waals surface area contributed by atoms with Crippen molar-refractivity contribution in [2.75, 3.05) is 6.50 Å². The molecular weight excluding hydrogens is 104 g/mol. The summed E-state index contributed by atoms with van der Waals surface area (Å²) in [5.74, 6) is -1.03. The fourth-order valence-corrected chi connectivity index (χ4v) is 0.350. The Morgan fingerprint density at radius 2 is 2.75 bits per heavy atom. The highest BCUT2D eigenvalue weighted by Gasteiger charge is 2.15.